The Bertz CT molecular complexity index is 400. The first kappa shape index (κ1) is 13.0. The molecule has 0 radical (unpaired) electrons. The molecule has 0 amide bonds. The first-order valence-corrected chi connectivity index (χ1v) is 5.43. The summed E-state index contributed by atoms with van der Waals surface area (Å²) >= 11 is 0. The van der Waals surface area contributed by atoms with E-state index in [4.69, 9.17) is 0 Å². The predicted molar refractivity (Wildman–Crippen MR) is 40.6 cm³/mol. The van der Waals surface area contributed by atoms with Gasteiger partial charge in [0.15, 0.2) is 5.03 Å². The van der Waals surface area contributed by atoms with Gasteiger partial charge in [-0.25, -0.2) is 4.98 Å². The van der Waals surface area contributed by atoms with Crippen molar-refractivity contribution in [3.63, 3.8) is 0 Å². The van der Waals surface area contributed by atoms with E-state index in [2.05, 4.69) is 4.98 Å². The van der Waals surface area contributed by atoms with Gasteiger partial charge in [-0.15, -0.1) is 0 Å². The van der Waals surface area contributed by atoms with Crippen LogP contribution in [0.15, 0.2) is 23.4 Å². The van der Waals surface area contributed by atoms with Gasteiger partial charge in [0.05, 0.1) is 5.56 Å². The summed E-state index contributed by atoms with van der Waals surface area (Å²) < 4.78 is 95.9. The zero-order chi connectivity index (χ0) is 12.9. The third kappa shape index (κ3) is 2.97. The molecule has 1 heterocycles. The number of hydrogen-bond acceptors (Lipinski definition) is 1. The van der Waals surface area contributed by atoms with Crippen molar-refractivity contribution >= 4 is 10.2 Å². The van der Waals surface area contributed by atoms with Crippen molar-refractivity contribution in [3.8, 4) is 0 Å². The second-order valence-corrected chi connectivity index (χ2v) is 5.21. The second-order valence-electron chi connectivity index (χ2n) is 2.85. The zero-order valence-electron chi connectivity index (χ0n) is 7.11. The van der Waals surface area contributed by atoms with E-state index in [0.717, 1.165) is 0 Å². The highest BCUT2D eigenvalue weighted by Gasteiger charge is 2.67. The van der Waals surface area contributed by atoms with E-state index in [1.807, 2.05) is 0 Å². The zero-order valence-corrected chi connectivity index (χ0v) is 7.93. The summed E-state index contributed by atoms with van der Waals surface area (Å²) in [5.41, 5.74) is -1.53. The van der Waals surface area contributed by atoms with Gasteiger partial charge in [0, 0.05) is 6.20 Å². The molecule has 0 aliphatic carbocycles. The van der Waals surface area contributed by atoms with Gasteiger partial charge >= 0.3 is 16.4 Å². The molecule has 0 saturated carbocycles. The van der Waals surface area contributed by atoms with Crippen molar-refractivity contribution < 1.29 is 32.6 Å². The van der Waals surface area contributed by atoms with E-state index in [9.17, 15) is 32.6 Å². The minimum Gasteiger partial charge on any atom is -0.241 e. The Morgan fingerprint density at radius 3 is 1.69 bits per heavy atom. The molecule has 0 atom stereocenters. The number of halogens is 8. The second kappa shape index (κ2) is 2.60. The van der Waals surface area contributed by atoms with Gasteiger partial charge in [-0.05, 0) is 12.1 Å². The third-order valence-electron chi connectivity index (χ3n) is 1.46. The van der Waals surface area contributed by atoms with Gasteiger partial charge in [-0.2, -0.15) is 13.2 Å². The molecule has 0 spiro atoms. The number of alkyl halides is 3. The van der Waals surface area contributed by atoms with Gasteiger partial charge < -0.3 is 0 Å². The lowest BCUT2D eigenvalue weighted by Gasteiger charge is -2.39. The Morgan fingerprint density at radius 2 is 1.44 bits per heavy atom. The average molecular weight is 273 g/mol. The molecule has 0 fully saturated rings. The van der Waals surface area contributed by atoms with Crippen molar-refractivity contribution in [3.05, 3.63) is 23.9 Å². The van der Waals surface area contributed by atoms with Crippen LogP contribution in [0.5, 0.6) is 0 Å². The molecule has 16 heavy (non-hydrogen) atoms. The number of aromatic nitrogens is 1. The van der Waals surface area contributed by atoms with Crippen LogP contribution in [0.3, 0.4) is 0 Å². The number of pyridine rings is 1. The predicted octanol–water partition coefficient (Wildman–Crippen LogP) is 4.76. The molecule has 0 saturated heterocycles. The summed E-state index contributed by atoms with van der Waals surface area (Å²) in [6, 6.07) is -0.482. The van der Waals surface area contributed by atoms with Crippen LogP contribution in [0, 0.1) is 0 Å². The topological polar surface area (TPSA) is 12.9 Å². The molecule has 0 bridgehead atoms. The van der Waals surface area contributed by atoms with E-state index < -0.39 is 27.0 Å². The van der Waals surface area contributed by atoms with Gasteiger partial charge in [-0.3, -0.25) is 0 Å². The smallest absolute Gasteiger partial charge is 0.241 e. The molecule has 1 aromatic rings. The van der Waals surface area contributed by atoms with E-state index >= 15 is 0 Å². The molecule has 1 nitrogen and oxygen atoms in total. The third-order valence-corrected chi connectivity index (χ3v) is 2.49. The van der Waals surface area contributed by atoms with E-state index in [1.165, 1.54) is 0 Å². The fourth-order valence-electron chi connectivity index (χ4n) is 0.776. The molecule has 1 rings (SSSR count). The minimum atomic E-state index is -9.99. The molecule has 0 aliphatic rings. The standard InChI is InChI=1S/C6H3F8NS/c7-6(8,9)4-1-2-5(15-3-4)16(10,11,12,13)14/h1-3H. The van der Waals surface area contributed by atoms with E-state index in [0.29, 0.717) is 0 Å². The molecular weight excluding hydrogens is 270 g/mol. The van der Waals surface area contributed by atoms with Crippen LogP contribution in [-0.4, -0.2) is 4.98 Å². The molecular formula is C6H3F8NS. The highest BCUT2D eigenvalue weighted by molar-refractivity contribution is 8.45. The summed E-state index contributed by atoms with van der Waals surface area (Å²) in [5, 5.41) is -2.59. The van der Waals surface area contributed by atoms with E-state index in [-0.39, 0.29) is 18.3 Å². The van der Waals surface area contributed by atoms with Crippen molar-refractivity contribution in [2.45, 2.75) is 11.2 Å². The van der Waals surface area contributed by atoms with Crippen LogP contribution in [-0.2, 0) is 6.18 Å². The summed E-state index contributed by atoms with van der Waals surface area (Å²) in [6.45, 7) is 0. The summed E-state index contributed by atoms with van der Waals surface area (Å²) in [7, 11) is -9.99. The van der Waals surface area contributed by atoms with Crippen LogP contribution in [0.1, 0.15) is 5.56 Å². The summed E-state index contributed by atoms with van der Waals surface area (Å²) in [5.74, 6) is 0. The largest absolute Gasteiger partial charge is 0.417 e. The Hall–Kier alpha value is -1.06. The Morgan fingerprint density at radius 1 is 0.938 bits per heavy atom. The Kier molecular flexibility index (Phi) is 2.12. The maximum atomic E-state index is 12.0. The minimum absolute atomic E-state index is 0.0970. The quantitative estimate of drug-likeness (QED) is 0.672. The van der Waals surface area contributed by atoms with Crippen molar-refractivity contribution in [2.24, 2.45) is 0 Å². The van der Waals surface area contributed by atoms with Crippen molar-refractivity contribution in [2.75, 3.05) is 0 Å². The fraction of sp³-hybridized carbons (Fsp3) is 0.167. The molecule has 0 N–H and O–H groups in total. The average Bonchev–Trinajstić information content (AvgIpc) is 1.99. The fourth-order valence-corrected chi connectivity index (χ4v) is 1.35. The number of hydrogen-bond donors (Lipinski definition) is 0. The Labute approximate surface area is 83.8 Å². The molecule has 0 aliphatic heterocycles. The Balaban J connectivity index is 3.27. The van der Waals surface area contributed by atoms with Crippen LogP contribution in [0.25, 0.3) is 0 Å². The summed E-state index contributed by atoms with van der Waals surface area (Å²) in [4.78, 5) is 2.12. The SMILES string of the molecule is FC(F)(F)c1ccc(S(F)(F)(F)(F)F)nc1. The van der Waals surface area contributed by atoms with Crippen molar-refractivity contribution in [1.82, 2.24) is 4.98 Å². The lowest BCUT2D eigenvalue weighted by atomic mass is 10.3. The first-order chi connectivity index (χ1) is 6.70. The molecule has 10 heteroatoms. The van der Waals surface area contributed by atoms with Crippen LogP contribution < -0.4 is 0 Å². The normalized spacial score (nSPS) is 17.8. The van der Waals surface area contributed by atoms with E-state index in [1.54, 1.807) is 0 Å². The van der Waals surface area contributed by atoms with Crippen LogP contribution in [0.4, 0.5) is 32.6 Å². The van der Waals surface area contributed by atoms with Crippen LogP contribution >= 0.6 is 10.2 Å². The maximum absolute atomic E-state index is 12.0. The number of nitrogens with zero attached hydrogens (tertiary/aromatic N) is 1. The van der Waals surface area contributed by atoms with Gasteiger partial charge in [0.1, 0.15) is 0 Å². The highest BCUT2D eigenvalue weighted by Crippen LogP contribution is 3.01. The van der Waals surface area contributed by atoms with Gasteiger partial charge in [-0.1, -0.05) is 19.4 Å². The molecule has 0 aromatic carbocycles. The molecule has 1 aromatic heterocycles. The number of rotatable bonds is 1. The van der Waals surface area contributed by atoms with Crippen molar-refractivity contribution in [1.29, 1.82) is 0 Å². The first-order valence-electron chi connectivity index (χ1n) is 3.47. The highest BCUT2D eigenvalue weighted by atomic mass is 32.5. The maximum Gasteiger partial charge on any atom is 0.417 e. The lowest BCUT2D eigenvalue weighted by molar-refractivity contribution is -0.137. The summed E-state index contributed by atoms with van der Waals surface area (Å²) in [6.07, 6.45) is -5.21. The van der Waals surface area contributed by atoms with Gasteiger partial charge in [0.25, 0.3) is 0 Å². The van der Waals surface area contributed by atoms with Gasteiger partial charge in [0.2, 0.25) is 0 Å². The molecule has 94 valence electrons. The van der Waals surface area contributed by atoms with Crippen LogP contribution in [0.2, 0.25) is 0 Å². The molecule has 0 unspecified atom stereocenters. The monoisotopic (exact) mass is 273 g/mol. The lowest BCUT2D eigenvalue weighted by Crippen LogP contribution is -2.11.